The monoisotopic (exact) mass is 323 g/mol. The smallest absolute Gasteiger partial charge is 0.230 e. The number of rotatable bonds is 4. The average Bonchev–Trinajstić information content (AvgIpc) is 3.32. The van der Waals surface area contributed by atoms with E-state index in [4.69, 9.17) is 4.42 Å². The van der Waals surface area contributed by atoms with Gasteiger partial charge in [0, 0.05) is 6.04 Å². The average molecular weight is 323 g/mol. The van der Waals surface area contributed by atoms with E-state index >= 15 is 0 Å². The lowest BCUT2D eigenvalue weighted by molar-refractivity contribution is -0.136. The minimum atomic E-state index is 0.0190. The molecule has 1 amide bonds. The summed E-state index contributed by atoms with van der Waals surface area (Å²) in [5.74, 6) is 1.20. The Hall–Kier alpha value is -2.03. The van der Waals surface area contributed by atoms with E-state index in [-0.39, 0.29) is 5.92 Å². The molecule has 24 heavy (non-hydrogen) atoms. The van der Waals surface area contributed by atoms with Crippen molar-refractivity contribution in [3.05, 3.63) is 59.5 Å². The molecule has 1 aromatic heterocycles. The molecule has 0 radical (unpaired) electrons. The largest absolute Gasteiger partial charge is 0.467 e. The van der Waals surface area contributed by atoms with Gasteiger partial charge in [-0.25, -0.2) is 0 Å². The molecular formula is C21H25NO2. The second kappa shape index (κ2) is 6.84. The molecule has 0 unspecified atom stereocenters. The fourth-order valence-corrected chi connectivity index (χ4v) is 4.38. The zero-order valence-corrected chi connectivity index (χ0v) is 14.1. The summed E-state index contributed by atoms with van der Waals surface area (Å²) >= 11 is 0. The van der Waals surface area contributed by atoms with E-state index in [0.717, 1.165) is 37.9 Å². The Bertz CT molecular complexity index is 686. The van der Waals surface area contributed by atoms with Crippen LogP contribution in [-0.4, -0.2) is 16.8 Å². The molecule has 0 aliphatic heterocycles. The van der Waals surface area contributed by atoms with E-state index in [2.05, 4.69) is 29.2 Å². The molecule has 0 saturated heterocycles. The van der Waals surface area contributed by atoms with E-state index in [9.17, 15) is 4.79 Å². The van der Waals surface area contributed by atoms with Gasteiger partial charge in [0.05, 0.1) is 18.7 Å². The highest BCUT2D eigenvalue weighted by molar-refractivity contribution is 5.84. The number of amides is 1. The normalized spacial score (nSPS) is 20.8. The summed E-state index contributed by atoms with van der Waals surface area (Å²) in [7, 11) is 0. The SMILES string of the molecule is O=C([C@@H]1CCCc2ccccc21)N(Cc1ccco1)C1CCCC1. The number of carbonyl (C=O) groups excluding carboxylic acids is 1. The molecule has 2 aliphatic rings. The lowest BCUT2D eigenvalue weighted by atomic mass is 9.82. The van der Waals surface area contributed by atoms with Crippen LogP contribution in [0.1, 0.15) is 61.3 Å². The summed E-state index contributed by atoms with van der Waals surface area (Å²) in [5.41, 5.74) is 2.60. The second-order valence-corrected chi connectivity index (χ2v) is 7.13. The van der Waals surface area contributed by atoms with Crippen LogP contribution in [0.5, 0.6) is 0 Å². The van der Waals surface area contributed by atoms with Crippen molar-refractivity contribution in [2.45, 2.75) is 63.5 Å². The quantitative estimate of drug-likeness (QED) is 0.819. The third-order valence-electron chi connectivity index (χ3n) is 5.62. The van der Waals surface area contributed by atoms with Crippen LogP contribution < -0.4 is 0 Å². The zero-order chi connectivity index (χ0) is 16.4. The van der Waals surface area contributed by atoms with Crippen molar-refractivity contribution in [1.29, 1.82) is 0 Å². The number of aryl methyl sites for hydroxylation is 1. The van der Waals surface area contributed by atoms with Crippen LogP contribution in [0.3, 0.4) is 0 Å². The first-order chi connectivity index (χ1) is 11.8. The minimum Gasteiger partial charge on any atom is -0.467 e. The Morgan fingerprint density at radius 2 is 1.88 bits per heavy atom. The summed E-state index contributed by atoms with van der Waals surface area (Å²) in [6, 6.07) is 12.7. The van der Waals surface area contributed by atoms with Gasteiger partial charge in [0.2, 0.25) is 5.91 Å². The van der Waals surface area contributed by atoms with Crippen molar-refractivity contribution >= 4 is 5.91 Å². The van der Waals surface area contributed by atoms with Gasteiger partial charge in [-0.3, -0.25) is 4.79 Å². The van der Waals surface area contributed by atoms with E-state index in [1.54, 1.807) is 6.26 Å². The Kier molecular flexibility index (Phi) is 4.42. The summed E-state index contributed by atoms with van der Waals surface area (Å²) in [4.78, 5) is 15.6. The fourth-order valence-electron chi connectivity index (χ4n) is 4.38. The van der Waals surface area contributed by atoms with E-state index < -0.39 is 0 Å². The summed E-state index contributed by atoms with van der Waals surface area (Å²) in [6.45, 7) is 0.606. The molecule has 1 aromatic carbocycles. The fraction of sp³-hybridized carbons (Fsp3) is 0.476. The number of hydrogen-bond donors (Lipinski definition) is 0. The molecule has 1 fully saturated rings. The van der Waals surface area contributed by atoms with Crippen molar-refractivity contribution in [3.63, 3.8) is 0 Å². The third kappa shape index (κ3) is 3.00. The van der Waals surface area contributed by atoms with Crippen LogP contribution in [0.2, 0.25) is 0 Å². The van der Waals surface area contributed by atoms with Crippen molar-refractivity contribution < 1.29 is 9.21 Å². The standard InChI is InChI=1S/C21H25NO2/c23-21(20-13-5-8-16-7-1-4-12-19(16)20)22(17-9-2-3-10-17)15-18-11-6-14-24-18/h1,4,6-7,11-12,14,17,20H,2-3,5,8-10,13,15H2/t20-/m1/s1. The molecule has 0 spiro atoms. The Labute approximate surface area is 143 Å². The van der Waals surface area contributed by atoms with Crippen molar-refractivity contribution in [2.24, 2.45) is 0 Å². The van der Waals surface area contributed by atoms with Gasteiger partial charge < -0.3 is 9.32 Å². The molecule has 4 rings (SSSR count). The first kappa shape index (κ1) is 15.5. The first-order valence-electron chi connectivity index (χ1n) is 9.23. The minimum absolute atomic E-state index is 0.0190. The Morgan fingerprint density at radius 3 is 2.67 bits per heavy atom. The summed E-state index contributed by atoms with van der Waals surface area (Å²) in [6.07, 6.45) is 9.58. The molecule has 0 N–H and O–H groups in total. The molecule has 1 atom stereocenters. The highest BCUT2D eigenvalue weighted by Gasteiger charge is 2.34. The van der Waals surface area contributed by atoms with Gasteiger partial charge in [-0.1, -0.05) is 37.1 Å². The number of furan rings is 1. The molecule has 3 heteroatoms. The van der Waals surface area contributed by atoms with Gasteiger partial charge in [-0.05, 0) is 55.4 Å². The van der Waals surface area contributed by atoms with Crippen LogP contribution >= 0.6 is 0 Å². The molecule has 0 bridgehead atoms. The van der Waals surface area contributed by atoms with Crippen LogP contribution in [-0.2, 0) is 17.8 Å². The van der Waals surface area contributed by atoms with Crippen LogP contribution in [0, 0.1) is 0 Å². The van der Waals surface area contributed by atoms with Crippen molar-refractivity contribution in [2.75, 3.05) is 0 Å². The van der Waals surface area contributed by atoms with E-state index in [1.807, 2.05) is 12.1 Å². The zero-order valence-electron chi connectivity index (χ0n) is 14.1. The molecule has 1 saturated carbocycles. The Balaban J connectivity index is 1.61. The van der Waals surface area contributed by atoms with Gasteiger partial charge in [0.25, 0.3) is 0 Å². The Morgan fingerprint density at radius 1 is 1.04 bits per heavy atom. The number of nitrogens with zero attached hydrogens (tertiary/aromatic N) is 1. The first-order valence-corrected chi connectivity index (χ1v) is 9.23. The predicted octanol–water partition coefficient (Wildman–Crippen LogP) is 4.67. The maximum Gasteiger partial charge on any atom is 0.230 e. The summed E-state index contributed by atoms with van der Waals surface area (Å²) in [5, 5.41) is 0. The highest BCUT2D eigenvalue weighted by Crippen LogP contribution is 2.35. The van der Waals surface area contributed by atoms with Crippen LogP contribution in [0.25, 0.3) is 0 Å². The van der Waals surface area contributed by atoms with E-state index in [0.29, 0.717) is 18.5 Å². The third-order valence-corrected chi connectivity index (χ3v) is 5.62. The van der Waals surface area contributed by atoms with Crippen LogP contribution in [0.4, 0.5) is 0 Å². The number of fused-ring (bicyclic) bond motifs is 1. The molecule has 3 nitrogen and oxygen atoms in total. The van der Waals surface area contributed by atoms with Gasteiger partial charge in [-0.2, -0.15) is 0 Å². The molecule has 2 aromatic rings. The molecule has 126 valence electrons. The summed E-state index contributed by atoms with van der Waals surface area (Å²) < 4.78 is 5.54. The van der Waals surface area contributed by atoms with Crippen molar-refractivity contribution in [3.8, 4) is 0 Å². The number of hydrogen-bond acceptors (Lipinski definition) is 2. The highest BCUT2D eigenvalue weighted by atomic mass is 16.3. The van der Waals surface area contributed by atoms with Crippen LogP contribution in [0.15, 0.2) is 47.1 Å². The van der Waals surface area contributed by atoms with Gasteiger partial charge in [0.1, 0.15) is 5.76 Å². The number of carbonyl (C=O) groups is 1. The van der Waals surface area contributed by atoms with Gasteiger partial charge in [-0.15, -0.1) is 0 Å². The predicted molar refractivity (Wildman–Crippen MR) is 93.6 cm³/mol. The maximum absolute atomic E-state index is 13.5. The lowest BCUT2D eigenvalue weighted by Gasteiger charge is -2.34. The van der Waals surface area contributed by atoms with E-state index in [1.165, 1.54) is 24.0 Å². The number of benzene rings is 1. The molecule has 1 heterocycles. The van der Waals surface area contributed by atoms with Gasteiger partial charge in [0.15, 0.2) is 0 Å². The topological polar surface area (TPSA) is 33.5 Å². The lowest BCUT2D eigenvalue weighted by Crippen LogP contribution is -2.41. The maximum atomic E-state index is 13.5. The molecular weight excluding hydrogens is 298 g/mol. The van der Waals surface area contributed by atoms with Crippen molar-refractivity contribution in [1.82, 2.24) is 4.90 Å². The second-order valence-electron chi connectivity index (χ2n) is 7.13. The van der Waals surface area contributed by atoms with Gasteiger partial charge >= 0.3 is 0 Å². The molecule has 2 aliphatic carbocycles.